The topological polar surface area (TPSA) is 55.9 Å². The van der Waals surface area contributed by atoms with Crippen LogP contribution in [0, 0.1) is 6.07 Å². The molecule has 6 heteroatoms. The molecule has 0 aliphatic carbocycles. The van der Waals surface area contributed by atoms with Crippen LogP contribution >= 0.6 is 0 Å². The Balaban J connectivity index is 0.00000544. The average Bonchev–Trinajstić information content (AvgIpc) is 3.92. The Morgan fingerprint density at radius 3 is 1.60 bits per heavy atom. The average molecular weight is 969 g/mol. The summed E-state index contributed by atoms with van der Waals surface area (Å²) in [5, 5.41) is 16.2. The summed E-state index contributed by atoms with van der Waals surface area (Å²) in [4.78, 5) is 5.33. The number of phenolic OH excluding ortho intramolecular Hbond substituents is 1. The van der Waals surface area contributed by atoms with Crippen LogP contribution in [-0.2, 0) is 21.1 Å². The molecule has 2 aromatic heterocycles. The number of benzene rings is 6. The minimum absolute atomic E-state index is 0. The monoisotopic (exact) mass is 968 g/mol. The molecule has 0 unspecified atom stereocenters. The summed E-state index contributed by atoms with van der Waals surface area (Å²) in [6.07, 6.45) is 4.01. The van der Waals surface area contributed by atoms with Crippen LogP contribution in [-0.4, -0.2) is 24.4 Å². The van der Waals surface area contributed by atoms with Crippen molar-refractivity contribution in [1.29, 1.82) is 0 Å². The van der Waals surface area contributed by atoms with Gasteiger partial charge in [-0.05, 0) is 110 Å². The summed E-state index contributed by atoms with van der Waals surface area (Å²) in [7, 11) is 0. The first-order valence-corrected chi connectivity index (χ1v) is 20.9. The van der Waals surface area contributed by atoms with E-state index in [2.05, 4.69) is 181 Å². The van der Waals surface area contributed by atoms with E-state index in [4.69, 9.17) is 10.1 Å². The van der Waals surface area contributed by atoms with E-state index in [0.29, 0.717) is 11.4 Å². The molecule has 0 radical (unpaired) electrons. The number of nitrogens with zero attached hydrogens (tertiary/aromatic N) is 4. The van der Waals surface area contributed by atoms with Gasteiger partial charge in [0, 0.05) is 38.5 Å². The van der Waals surface area contributed by atoms with Crippen molar-refractivity contribution < 1.29 is 26.2 Å². The third-order valence-corrected chi connectivity index (χ3v) is 11.3. The van der Waals surface area contributed by atoms with Gasteiger partial charge >= 0.3 is 0 Å². The zero-order valence-electron chi connectivity index (χ0n) is 35.7. The SMILES string of the molecule is CC(C)c1cc(-c2ccccc2)cc(C(C)C)c1-c1ccnn1-c1[c-]c(-c2cn(-c3c(C(C)C)cc(-c4ccccc4)cc3C(C)C)c(-c3ccccc3O)n2)ccc1.[Pt]. The van der Waals surface area contributed by atoms with Crippen LogP contribution in [0.1, 0.15) is 101 Å². The Bertz CT molecular complexity index is 2680. The van der Waals surface area contributed by atoms with Crippen molar-refractivity contribution in [1.82, 2.24) is 19.3 Å². The summed E-state index contributed by atoms with van der Waals surface area (Å²) in [6.45, 7) is 18.1. The molecule has 306 valence electrons. The fourth-order valence-corrected chi connectivity index (χ4v) is 8.27. The van der Waals surface area contributed by atoms with Gasteiger partial charge in [0.15, 0.2) is 0 Å². The van der Waals surface area contributed by atoms with Gasteiger partial charge in [-0.1, -0.05) is 140 Å². The Hall–Kier alpha value is -5.77. The van der Waals surface area contributed by atoms with E-state index >= 15 is 0 Å². The Morgan fingerprint density at radius 2 is 1.07 bits per heavy atom. The third kappa shape index (κ3) is 8.21. The second-order valence-corrected chi connectivity index (χ2v) is 16.8. The van der Waals surface area contributed by atoms with E-state index < -0.39 is 0 Å². The van der Waals surface area contributed by atoms with Gasteiger partial charge in [0.25, 0.3) is 0 Å². The van der Waals surface area contributed by atoms with Crippen LogP contribution in [0.2, 0.25) is 0 Å². The van der Waals surface area contributed by atoms with Gasteiger partial charge in [0.1, 0.15) is 11.6 Å². The van der Waals surface area contributed by atoms with Crippen molar-refractivity contribution in [3.63, 3.8) is 0 Å². The maximum atomic E-state index is 11.3. The van der Waals surface area contributed by atoms with Gasteiger partial charge in [-0.15, -0.1) is 29.8 Å². The van der Waals surface area contributed by atoms with E-state index in [1.54, 1.807) is 6.07 Å². The smallest absolute Gasteiger partial charge is 0.138 e. The van der Waals surface area contributed by atoms with E-state index in [1.165, 1.54) is 50.1 Å². The largest absolute Gasteiger partial charge is 0.507 e. The van der Waals surface area contributed by atoms with Gasteiger partial charge in [0.2, 0.25) is 0 Å². The van der Waals surface area contributed by atoms with Crippen molar-refractivity contribution in [2.24, 2.45) is 0 Å². The molecule has 8 rings (SSSR count). The predicted octanol–water partition coefficient (Wildman–Crippen LogP) is 14.4. The molecule has 6 aromatic carbocycles. The number of imidazole rings is 1. The summed E-state index contributed by atoms with van der Waals surface area (Å²) < 4.78 is 4.22. The van der Waals surface area contributed by atoms with Crippen molar-refractivity contribution in [2.75, 3.05) is 0 Å². The van der Waals surface area contributed by atoms with Gasteiger partial charge in [-0.2, -0.15) is 5.10 Å². The van der Waals surface area contributed by atoms with E-state index in [9.17, 15) is 5.11 Å². The van der Waals surface area contributed by atoms with E-state index in [0.717, 1.165) is 28.3 Å². The Labute approximate surface area is 370 Å². The number of phenols is 1. The normalized spacial score (nSPS) is 11.5. The molecular weight excluding hydrogens is 916 g/mol. The molecule has 1 N–H and O–H groups in total. The molecule has 0 fully saturated rings. The molecule has 5 nitrogen and oxygen atoms in total. The maximum absolute atomic E-state index is 11.3. The number of para-hydroxylation sites is 1. The van der Waals surface area contributed by atoms with Crippen molar-refractivity contribution >= 4 is 0 Å². The second kappa shape index (κ2) is 17.8. The van der Waals surface area contributed by atoms with Crippen LogP contribution < -0.4 is 0 Å². The minimum Gasteiger partial charge on any atom is -0.507 e. The molecule has 0 aliphatic heterocycles. The molecule has 0 saturated carbocycles. The van der Waals surface area contributed by atoms with Crippen LogP contribution in [0.25, 0.3) is 67.5 Å². The second-order valence-electron chi connectivity index (χ2n) is 16.8. The first-order chi connectivity index (χ1) is 28.5. The molecule has 2 heterocycles. The first-order valence-electron chi connectivity index (χ1n) is 20.9. The molecular formula is C54H53N4OPt-. The zero-order chi connectivity index (χ0) is 41.4. The number of hydrogen-bond acceptors (Lipinski definition) is 3. The summed E-state index contributed by atoms with van der Waals surface area (Å²) in [5.41, 5.74) is 16.3. The minimum atomic E-state index is 0. The van der Waals surface area contributed by atoms with Crippen LogP contribution in [0.15, 0.2) is 146 Å². The van der Waals surface area contributed by atoms with Gasteiger partial charge in [-0.3, -0.25) is 9.67 Å². The van der Waals surface area contributed by atoms with Crippen molar-refractivity contribution in [2.45, 2.75) is 79.1 Å². The molecule has 0 amide bonds. The number of rotatable bonds is 11. The molecule has 0 bridgehead atoms. The Kier molecular flexibility index (Phi) is 12.6. The number of hydrogen-bond donors (Lipinski definition) is 1. The zero-order valence-corrected chi connectivity index (χ0v) is 38.0. The third-order valence-electron chi connectivity index (χ3n) is 11.3. The first kappa shape index (κ1) is 42.4. The van der Waals surface area contributed by atoms with E-state index in [-0.39, 0.29) is 50.5 Å². The number of aromatic nitrogens is 4. The molecule has 0 aliphatic rings. The number of aromatic hydroxyl groups is 1. The quantitative estimate of drug-likeness (QED) is 0.131. The van der Waals surface area contributed by atoms with Gasteiger partial charge < -0.3 is 9.67 Å². The van der Waals surface area contributed by atoms with E-state index in [1.807, 2.05) is 29.1 Å². The maximum Gasteiger partial charge on any atom is 0.138 e. The van der Waals surface area contributed by atoms with Crippen molar-refractivity contribution in [3.8, 4) is 73.3 Å². The standard InChI is InChI=1S/C54H53N4O.Pt/c1-34(2)45-29-41(38-18-11-9-12-19-38)30-46(35(3)4)52(45)50-26-27-55-58(50)43-23-17-22-40(28-43)49-33-57(54(56-49)44-24-15-16-25-51(44)59)53-47(36(5)6)31-42(32-48(53)37(7)8)39-20-13-10-14-21-39;/h9-27,29-37,59H,1-8H3;/q-1;. The summed E-state index contributed by atoms with van der Waals surface area (Å²) in [6, 6.07) is 50.1. The molecule has 0 saturated heterocycles. The van der Waals surface area contributed by atoms with Gasteiger partial charge in [-0.25, -0.2) is 0 Å². The van der Waals surface area contributed by atoms with Crippen molar-refractivity contribution in [3.05, 3.63) is 174 Å². The van der Waals surface area contributed by atoms with Crippen LogP contribution in [0.3, 0.4) is 0 Å². The molecule has 8 aromatic rings. The Morgan fingerprint density at radius 1 is 0.550 bits per heavy atom. The fraction of sp³-hybridized carbons (Fsp3) is 0.222. The molecule has 0 atom stereocenters. The fourth-order valence-electron chi connectivity index (χ4n) is 8.27. The molecule has 0 spiro atoms. The van der Waals surface area contributed by atoms with Crippen LogP contribution in [0.4, 0.5) is 0 Å². The van der Waals surface area contributed by atoms with Crippen LogP contribution in [0.5, 0.6) is 5.75 Å². The summed E-state index contributed by atoms with van der Waals surface area (Å²) >= 11 is 0. The predicted molar refractivity (Wildman–Crippen MR) is 245 cm³/mol. The summed E-state index contributed by atoms with van der Waals surface area (Å²) in [5.74, 6) is 1.87. The molecule has 60 heavy (non-hydrogen) atoms. The van der Waals surface area contributed by atoms with Gasteiger partial charge in [0.05, 0.1) is 16.9 Å².